The first-order chi connectivity index (χ1) is 12.8. The van der Waals surface area contributed by atoms with Gasteiger partial charge in [0.25, 0.3) is 5.91 Å². The summed E-state index contributed by atoms with van der Waals surface area (Å²) in [6, 6.07) is 20.4. The zero-order valence-electron chi connectivity index (χ0n) is 14.5. The van der Waals surface area contributed by atoms with E-state index in [4.69, 9.17) is 16.7 Å². The lowest BCUT2D eigenvalue weighted by Crippen LogP contribution is -2.32. The van der Waals surface area contributed by atoms with Crippen LogP contribution >= 0.6 is 11.6 Å². The van der Waals surface area contributed by atoms with Gasteiger partial charge in [-0.15, -0.1) is 11.6 Å². The van der Waals surface area contributed by atoms with Gasteiger partial charge >= 0.3 is 0 Å². The highest BCUT2D eigenvalue weighted by Gasteiger charge is 2.43. The van der Waals surface area contributed by atoms with Crippen LogP contribution in [-0.2, 0) is 4.79 Å². The van der Waals surface area contributed by atoms with Gasteiger partial charge in [0.1, 0.15) is 5.88 Å². The number of nitrogens with zero attached hydrogens (tertiary/aromatic N) is 2. The summed E-state index contributed by atoms with van der Waals surface area (Å²) in [4.78, 5) is 12.5. The Labute approximate surface area is 159 Å². The lowest BCUT2D eigenvalue weighted by molar-refractivity contribution is -0.130. The van der Waals surface area contributed by atoms with Gasteiger partial charge in [-0.2, -0.15) is 5.10 Å². The van der Waals surface area contributed by atoms with Crippen LogP contribution < -0.4 is 0 Å². The third-order valence-corrected chi connectivity index (χ3v) is 5.38. The minimum absolute atomic E-state index is 0.0510. The number of rotatable bonds is 3. The predicted octanol–water partition coefficient (Wildman–Crippen LogP) is 5.05. The lowest BCUT2D eigenvalue weighted by Gasteiger charge is -2.29. The minimum atomic E-state index is -0.138. The number of alkyl halides is 1. The Kier molecular flexibility index (Phi) is 4.89. The highest BCUT2D eigenvalue weighted by atomic mass is 35.5. The normalized spacial score (nSPS) is 23.7. The summed E-state index contributed by atoms with van der Waals surface area (Å²) in [6.45, 7) is 0. The van der Waals surface area contributed by atoms with E-state index in [1.54, 1.807) is 5.01 Å². The second-order valence-corrected chi connectivity index (χ2v) is 7.06. The summed E-state index contributed by atoms with van der Waals surface area (Å²) >= 11 is 5.87. The highest BCUT2D eigenvalue weighted by molar-refractivity contribution is 6.27. The molecule has 0 radical (unpaired) electrons. The number of hydrogen-bond acceptors (Lipinski definition) is 2. The average Bonchev–Trinajstić information content (AvgIpc) is 3.09. The summed E-state index contributed by atoms with van der Waals surface area (Å²) in [5, 5.41) is 6.38. The van der Waals surface area contributed by atoms with Gasteiger partial charge in [0, 0.05) is 5.92 Å². The van der Waals surface area contributed by atoms with E-state index < -0.39 is 0 Å². The quantitative estimate of drug-likeness (QED) is 0.701. The summed E-state index contributed by atoms with van der Waals surface area (Å²) < 4.78 is 0. The third kappa shape index (κ3) is 3.19. The maximum atomic E-state index is 12.5. The highest BCUT2D eigenvalue weighted by Crippen LogP contribution is 2.44. The predicted molar refractivity (Wildman–Crippen MR) is 106 cm³/mol. The molecule has 1 heterocycles. The molecular formula is C22H21ClN2O. The van der Waals surface area contributed by atoms with E-state index in [-0.39, 0.29) is 23.7 Å². The van der Waals surface area contributed by atoms with E-state index in [1.165, 1.54) is 11.1 Å². The summed E-state index contributed by atoms with van der Waals surface area (Å²) in [7, 11) is 0. The molecular weight excluding hydrogens is 344 g/mol. The molecule has 0 spiro atoms. The van der Waals surface area contributed by atoms with Crippen LogP contribution in [0.3, 0.4) is 0 Å². The first-order valence-corrected chi connectivity index (χ1v) is 9.59. The Morgan fingerprint density at radius 2 is 1.81 bits per heavy atom. The molecule has 1 fully saturated rings. The van der Waals surface area contributed by atoms with E-state index in [2.05, 4.69) is 30.3 Å². The van der Waals surface area contributed by atoms with Crippen LogP contribution in [-0.4, -0.2) is 22.5 Å². The Balaban J connectivity index is 1.74. The fraction of sp³-hybridized carbons (Fsp3) is 0.273. The molecule has 0 N–H and O–H groups in total. The van der Waals surface area contributed by atoms with Crippen LogP contribution in [0.15, 0.2) is 71.3 Å². The van der Waals surface area contributed by atoms with Gasteiger partial charge < -0.3 is 0 Å². The van der Waals surface area contributed by atoms with E-state index in [0.29, 0.717) is 0 Å². The maximum Gasteiger partial charge on any atom is 0.258 e. The Bertz CT molecular complexity index is 845. The molecule has 0 saturated heterocycles. The van der Waals surface area contributed by atoms with Crippen molar-refractivity contribution in [1.82, 2.24) is 5.01 Å². The van der Waals surface area contributed by atoms with Crippen LogP contribution in [0.25, 0.3) is 6.08 Å². The number of carbonyl (C=O) groups is 1. The van der Waals surface area contributed by atoms with E-state index in [1.807, 2.05) is 36.4 Å². The van der Waals surface area contributed by atoms with Crippen LogP contribution in [0.4, 0.5) is 0 Å². The largest absolute Gasteiger partial charge is 0.272 e. The van der Waals surface area contributed by atoms with Crippen molar-refractivity contribution in [3.8, 4) is 0 Å². The molecule has 1 aliphatic carbocycles. The standard InChI is InChI=1S/C22H21ClN2O/c23-15-20(26)25-22(17-10-5-2-6-11-17)19-13-7-12-18(21(19)24-25)14-16-8-3-1-4-9-16/h1-6,8-11,14,19,22H,7,12-13,15H2/b18-14-/t19-,22+/m0/s1. The zero-order chi connectivity index (χ0) is 17.9. The molecule has 26 heavy (non-hydrogen) atoms. The second kappa shape index (κ2) is 7.46. The third-order valence-electron chi connectivity index (χ3n) is 5.15. The first kappa shape index (κ1) is 17.0. The second-order valence-electron chi connectivity index (χ2n) is 6.79. The van der Waals surface area contributed by atoms with E-state index >= 15 is 0 Å². The van der Waals surface area contributed by atoms with Crippen molar-refractivity contribution in [2.45, 2.75) is 25.3 Å². The van der Waals surface area contributed by atoms with Gasteiger partial charge in [0.2, 0.25) is 0 Å². The topological polar surface area (TPSA) is 32.7 Å². The SMILES string of the molecule is O=C(CCl)N1N=C2/C(=C\c3ccccc3)CCC[C@@H]2[C@H]1c1ccccc1. The maximum absolute atomic E-state index is 12.5. The Morgan fingerprint density at radius 3 is 2.50 bits per heavy atom. The van der Waals surface area contributed by atoms with Gasteiger partial charge in [-0.3, -0.25) is 4.79 Å². The summed E-state index contributed by atoms with van der Waals surface area (Å²) in [6.07, 6.45) is 5.35. The monoisotopic (exact) mass is 364 g/mol. The van der Waals surface area contributed by atoms with Crippen LogP contribution in [0.5, 0.6) is 0 Å². The number of amides is 1. The molecule has 2 aromatic carbocycles. The number of halogens is 1. The van der Waals surface area contributed by atoms with E-state index in [0.717, 1.165) is 30.5 Å². The molecule has 4 rings (SSSR count). The van der Waals surface area contributed by atoms with Gasteiger partial charge in [-0.1, -0.05) is 60.7 Å². The zero-order valence-corrected chi connectivity index (χ0v) is 15.3. The minimum Gasteiger partial charge on any atom is -0.272 e. The molecule has 1 amide bonds. The molecule has 2 aromatic rings. The fourth-order valence-corrected chi connectivity index (χ4v) is 4.12. The molecule has 1 saturated carbocycles. The van der Waals surface area contributed by atoms with Gasteiger partial charge in [0.15, 0.2) is 0 Å². The van der Waals surface area contributed by atoms with Gasteiger partial charge in [-0.25, -0.2) is 5.01 Å². The molecule has 0 aromatic heterocycles. The molecule has 0 bridgehead atoms. The van der Waals surface area contributed by atoms with Crippen molar-refractivity contribution in [3.63, 3.8) is 0 Å². The smallest absolute Gasteiger partial charge is 0.258 e. The molecule has 3 nitrogen and oxygen atoms in total. The molecule has 0 unspecified atom stereocenters. The number of benzene rings is 2. The van der Waals surface area contributed by atoms with Crippen LogP contribution in [0.2, 0.25) is 0 Å². The molecule has 2 aliphatic rings. The molecule has 4 heteroatoms. The van der Waals surface area contributed by atoms with Crippen molar-refractivity contribution >= 4 is 29.3 Å². The number of hydrazone groups is 1. The molecule has 1 aliphatic heterocycles. The van der Waals surface area contributed by atoms with Crippen molar-refractivity contribution in [1.29, 1.82) is 0 Å². The molecule has 2 atom stereocenters. The summed E-state index contributed by atoms with van der Waals surface area (Å²) in [5.41, 5.74) is 4.57. The fourth-order valence-electron chi connectivity index (χ4n) is 4.00. The van der Waals surface area contributed by atoms with Crippen LogP contribution in [0.1, 0.15) is 36.4 Å². The average molecular weight is 365 g/mol. The molecule has 132 valence electrons. The van der Waals surface area contributed by atoms with Crippen molar-refractivity contribution < 1.29 is 4.79 Å². The van der Waals surface area contributed by atoms with Crippen molar-refractivity contribution in [3.05, 3.63) is 77.4 Å². The van der Waals surface area contributed by atoms with Crippen molar-refractivity contribution in [2.75, 3.05) is 5.88 Å². The Hall–Kier alpha value is -2.39. The number of carbonyl (C=O) groups excluding carboxylic acids is 1. The number of fused-ring (bicyclic) bond motifs is 1. The summed E-state index contributed by atoms with van der Waals surface area (Å²) in [5.74, 6) is 0.0413. The van der Waals surface area contributed by atoms with Crippen LogP contribution in [0, 0.1) is 5.92 Å². The lowest BCUT2D eigenvalue weighted by atomic mass is 9.77. The van der Waals surface area contributed by atoms with E-state index in [9.17, 15) is 4.79 Å². The number of allylic oxidation sites excluding steroid dienone is 1. The first-order valence-electron chi connectivity index (χ1n) is 9.05. The Morgan fingerprint density at radius 1 is 1.12 bits per heavy atom. The number of hydrogen-bond donors (Lipinski definition) is 0. The van der Waals surface area contributed by atoms with Crippen molar-refractivity contribution in [2.24, 2.45) is 11.0 Å². The van der Waals surface area contributed by atoms with Gasteiger partial charge in [-0.05, 0) is 42.0 Å². The van der Waals surface area contributed by atoms with Gasteiger partial charge in [0.05, 0.1) is 11.8 Å².